The van der Waals surface area contributed by atoms with Crippen molar-refractivity contribution in [1.29, 1.82) is 0 Å². The van der Waals surface area contributed by atoms with Crippen LogP contribution in [0.3, 0.4) is 0 Å². The van der Waals surface area contributed by atoms with Gasteiger partial charge in [-0.25, -0.2) is 4.98 Å². The lowest BCUT2D eigenvalue weighted by Crippen LogP contribution is -1.83. The fraction of sp³-hybridized carbons (Fsp3) is 0.0625. The first-order valence-corrected chi connectivity index (χ1v) is 5.87. The Balaban J connectivity index is 2.12. The number of hydrogen-bond donors (Lipinski definition) is 0. The summed E-state index contributed by atoms with van der Waals surface area (Å²) >= 11 is 0. The molecule has 1 heterocycles. The van der Waals surface area contributed by atoms with Crippen LogP contribution in [-0.4, -0.2) is 12.1 Å². The molecule has 1 aromatic carbocycles. The first-order chi connectivity index (χ1) is 8.86. The van der Waals surface area contributed by atoms with Gasteiger partial charge in [-0.15, -0.1) is 0 Å². The zero-order valence-corrected chi connectivity index (χ0v) is 10.1. The number of aromatic nitrogens is 1. The van der Waals surface area contributed by atoms with Crippen molar-refractivity contribution in [1.82, 2.24) is 4.98 Å². The van der Waals surface area contributed by atoms with Crippen LogP contribution in [0.1, 0.15) is 0 Å². The molecule has 0 N–H and O–H groups in total. The summed E-state index contributed by atoms with van der Waals surface area (Å²) in [6.45, 7) is 0. The van der Waals surface area contributed by atoms with Gasteiger partial charge in [-0.2, -0.15) is 0 Å². The summed E-state index contributed by atoms with van der Waals surface area (Å²) in [5, 5.41) is 0. The molecule has 88 valence electrons. The number of methoxy groups -OCH3 is 1. The molecule has 0 fully saturated rings. The Kier molecular flexibility index (Phi) is 2.69. The zero-order chi connectivity index (χ0) is 12.4. The highest BCUT2D eigenvalue weighted by Crippen LogP contribution is 2.29. The lowest BCUT2D eigenvalue weighted by Gasteiger charge is -2.01. The minimum absolute atomic E-state index is 0.852. The molecule has 0 spiro atoms. The van der Waals surface area contributed by atoms with Crippen LogP contribution >= 0.6 is 0 Å². The average Bonchev–Trinajstić information content (AvgIpc) is 2.70. The highest BCUT2D eigenvalue weighted by Gasteiger charge is 2.08. The molecule has 0 amide bonds. The van der Waals surface area contributed by atoms with E-state index in [-0.39, 0.29) is 0 Å². The van der Waals surface area contributed by atoms with Gasteiger partial charge in [0.25, 0.3) is 0 Å². The Morgan fingerprint density at radius 2 is 1.56 bits per heavy atom. The second kappa shape index (κ2) is 4.49. The van der Waals surface area contributed by atoms with Crippen LogP contribution in [0.25, 0.3) is 22.5 Å². The molecule has 2 nitrogen and oxygen atoms in total. The van der Waals surface area contributed by atoms with E-state index < -0.39 is 0 Å². The Labute approximate surface area is 106 Å². The lowest BCUT2D eigenvalue weighted by molar-refractivity contribution is 0.415. The Morgan fingerprint density at radius 1 is 0.778 bits per heavy atom. The van der Waals surface area contributed by atoms with Gasteiger partial charge >= 0.3 is 0 Å². The normalized spacial score (nSPS) is 10.5. The van der Waals surface area contributed by atoms with Crippen molar-refractivity contribution in [3.8, 4) is 28.3 Å². The van der Waals surface area contributed by atoms with E-state index >= 15 is 0 Å². The number of fused-ring (bicyclic) bond motifs is 1. The smallest absolute Gasteiger partial charge is 0.119 e. The average molecular weight is 235 g/mol. The van der Waals surface area contributed by atoms with Crippen LogP contribution in [-0.2, 0) is 0 Å². The Hall–Kier alpha value is -2.35. The van der Waals surface area contributed by atoms with Gasteiger partial charge < -0.3 is 4.74 Å². The monoisotopic (exact) mass is 235 g/mol. The van der Waals surface area contributed by atoms with Crippen LogP contribution < -0.4 is 4.74 Å². The minimum Gasteiger partial charge on any atom is -0.497 e. The standard InChI is InChI=1S/C16H13NO/c1-18-14-8-5-7-12(10-14)16-11-13-6-3-2-4-9-15(13)17-16/h2-11H,1H3. The molecule has 0 unspecified atom stereocenters. The van der Waals surface area contributed by atoms with E-state index in [1.165, 1.54) is 0 Å². The summed E-state index contributed by atoms with van der Waals surface area (Å²) in [4.78, 5) is 4.64. The molecule has 18 heavy (non-hydrogen) atoms. The topological polar surface area (TPSA) is 22.1 Å². The second-order valence-corrected chi connectivity index (χ2v) is 4.12. The van der Waals surface area contributed by atoms with E-state index in [2.05, 4.69) is 17.1 Å². The van der Waals surface area contributed by atoms with Crippen molar-refractivity contribution >= 4 is 0 Å². The largest absolute Gasteiger partial charge is 0.497 e. The highest BCUT2D eigenvalue weighted by molar-refractivity contribution is 5.73. The van der Waals surface area contributed by atoms with Crippen LogP contribution in [0.5, 0.6) is 5.75 Å². The summed E-state index contributed by atoms with van der Waals surface area (Å²) in [6, 6.07) is 20.2. The molecule has 0 aromatic heterocycles. The van der Waals surface area contributed by atoms with Crippen molar-refractivity contribution in [3.63, 3.8) is 0 Å². The van der Waals surface area contributed by atoms with Crippen molar-refractivity contribution in [2.24, 2.45) is 0 Å². The predicted octanol–water partition coefficient (Wildman–Crippen LogP) is 3.86. The fourth-order valence-electron chi connectivity index (χ4n) is 2.02. The van der Waals surface area contributed by atoms with Gasteiger partial charge in [0.1, 0.15) is 5.75 Å². The maximum Gasteiger partial charge on any atom is 0.119 e. The number of hydrogen-bond acceptors (Lipinski definition) is 2. The van der Waals surface area contributed by atoms with Crippen LogP contribution in [0.2, 0.25) is 0 Å². The fourth-order valence-corrected chi connectivity index (χ4v) is 2.02. The summed E-state index contributed by atoms with van der Waals surface area (Å²) < 4.78 is 5.24. The maximum atomic E-state index is 5.24. The molecular weight excluding hydrogens is 222 g/mol. The van der Waals surface area contributed by atoms with Crippen molar-refractivity contribution in [2.75, 3.05) is 7.11 Å². The molecule has 3 rings (SSSR count). The molecule has 0 saturated carbocycles. The second-order valence-electron chi connectivity index (χ2n) is 4.12. The first kappa shape index (κ1) is 10.8. The molecule has 0 atom stereocenters. The highest BCUT2D eigenvalue weighted by atomic mass is 16.5. The van der Waals surface area contributed by atoms with Gasteiger partial charge in [-0.1, -0.05) is 36.4 Å². The van der Waals surface area contributed by atoms with Gasteiger partial charge in [-0.3, -0.25) is 0 Å². The van der Waals surface area contributed by atoms with E-state index in [9.17, 15) is 0 Å². The minimum atomic E-state index is 0.852. The molecular formula is C16H13NO. The number of ether oxygens (including phenoxy) is 1. The Morgan fingerprint density at radius 3 is 2.44 bits per heavy atom. The van der Waals surface area contributed by atoms with E-state index in [1.54, 1.807) is 7.11 Å². The van der Waals surface area contributed by atoms with E-state index in [4.69, 9.17) is 4.74 Å². The third-order valence-electron chi connectivity index (χ3n) is 2.95. The number of benzene rings is 1. The zero-order valence-electron chi connectivity index (χ0n) is 10.1. The molecule has 2 heteroatoms. The molecule has 0 saturated heterocycles. The third-order valence-corrected chi connectivity index (χ3v) is 2.95. The molecule has 1 aromatic rings. The number of nitrogens with zero attached hydrogens (tertiary/aromatic N) is 1. The summed E-state index contributed by atoms with van der Waals surface area (Å²) in [7, 11) is 1.67. The quantitative estimate of drug-likeness (QED) is 0.672. The van der Waals surface area contributed by atoms with Crippen LogP contribution in [0.4, 0.5) is 0 Å². The van der Waals surface area contributed by atoms with Crippen molar-refractivity contribution < 1.29 is 4.74 Å². The Bertz CT molecular complexity index is 617. The van der Waals surface area contributed by atoms with Crippen LogP contribution in [0, 0.1) is 0 Å². The van der Waals surface area contributed by atoms with Gasteiger partial charge in [0.2, 0.25) is 0 Å². The van der Waals surface area contributed by atoms with Gasteiger partial charge in [0, 0.05) is 11.1 Å². The molecule has 0 bridgehead atoms. The molecule has 1 aliphatic heterocycles. The first-order valence-electron chi connectivity index (χ1n) is 5.87. The summed E-state index contributed by atoms with van der Waals surface area (Å²) in [6.07, 6.45) is 0. The van der Waals surface area contributed by atoms with Crippen molar-refractivity contribution in [2.45, 2.75) is 0 Å². The predicted molar refractivity (Wildman–Crippen MR) is 72.8 cm³/mol. The molecule has 1 aliphatic carbocycles. The van der Waals surface area contributed by atoms with Crippen molar-refractivity contribution in [3.05, 3.63) is 60.7 Å². The SMILES string of the molecule is COc1cccc(-c2cc3cccccc-3n2)c1. The lowest BCUT2D eigenvalue weighted by atomic mass is 10.1. The van der Waals surface area contributed by atoms with Gasteiger partial charge in [-0.05, 0) is 24.3 Å². The molecule has 0 radical (unpaired) electrons. The van der Waals surface area contributed by atoms with E-state index in [0.29, 0.717) is 0 Å². The van der Waals surface area contributed by atoms with E-state index in [0.717, 1.165) is 28.3 Å². The van der Waals surface area contributed by atoms with Crippen LogP contribution in [0.15, 0.2) is 60.7 Å². The molecule has 2 aliphatic rings. The number of rotatable bonds is 2. The maximum absolute atomic E-state index is 5.24. The van der Waals surface area contributed by atoms with E-state index in [1.807, 2.05) is 48.5 Å². The summed E-state index contributed by atoms with van der Waals surface area (Å²) in [5.41, 5.74) is 4.22. The third kappa shape index (κ3) is 1.93. The van der Waals surface area contributed by atoms with Gasteiger partial charge in [0.15, 0.2) is 0 Å². The van der Waals surface area contributed by atoms with Gasteiger partial charge in [0.05, 0.1) is 18.5 Å². The summed E-state index contributed by atoms with van der Waals surface area (Å²) in [5.74, 6) is 0.852.